The molecule has 12 rings (SSSR count). The zero-order valence-electron chi connectivity index (χ0n) is 59.1. The molecule has 22 nitrogen and oxygen atoms in total. The number of aromatic hydroxyl groups is 2. The summed E-state index contributed by atoms with van der Waals surface area (Å²) >= 11 is 0. The number of anilines is 6. The van der Waals surface area contributed by atoms with Crippen LogP contribution in [0.4, 0.5) is 56.9 Å². The van der Waals surface area contributed by atoms with Crippen LogP contribution in [0, 0.1) is 12.8 Å². The maximum absolute atomic E-state index is 14.5. The van der Waals surface area contributed by atoms with Crippen molar-refractivity contribution in [2.24, 2.45) is 5.92 Å². The first kappa shape index (κ1) is 75.3. The van der Waals surface area contributed by atoms with E-state index in [0.29, 0.717) is 107 Å². The van der Waals surface area contributed by atoms with Gasteiger partial charge in [0.15, 0.2) is 0 Å². The van der Waals surface area contributed by atoms with Gasteiger partial charge in [-0.05, 0) is 241 Å². The number of aryl methyl sites for hydroxylation is 1. The Hall–Kier alpha value is -8.40. The second-order valence-electron chi connectivity index (χ2n) is 29.4. The fourth-order valence-electron chi connectivity index (χ4n) is 15.4. The number of halogens is 3. The highest BCUT2D eigenvalue weighted by molar-refractivity contribution is 6.02. The van der Waals surface area contributed by atoms with Gasteiger partial charge in [-0.15, -0.1) is 0 Å². The van der Waals surface area contributed by atoms with Gasteiger partial charge in [0.25, 0.3) is 0 Å². The van der Waals surface area contributed by atoms with Crippen LogP contribution in [0.2, 0.25) is 0 Å². The van der Waals surface area contributed by atoms with Crippen LogP contribution in [-0.2, 0) is 85.8 Å². The molecule has 0 radical (unpaired) electrons. The van der Waals surface area contributed by atoms with E-state index in [1.54, 1.807) is 31.7 Å². The van der Waals surface area contributed by atoms with E-state index in [9.17, 15) is 68.4 Å². The summed E-state index contributed by atoms with van der Waals surface area (Å²) in [6, 6.07) is 15.8. The Morgan fingerprint density at radius 3 is 1.57 bits per heavy atom. The van der Waals surface area contributed by atoms with Crippen LogP contribution >= 0.6 is 0 Å². The average molecular weight is 1400 g/mol. The number of hydrogen-bond acceptors (Lipinski definition) is 19. The Bertz CT molecular complexity index is 4080. The number of esters is 1. The van der Waals surface area contributed by atoms with Gasteiger partial charge in [-0.2, -0.15) is 13.2 Å². The number of alkyl carbamates (subject to hydrolysis) is 1. The maximum Gasteiger partial charge on any atom is 0.418 e. The van der Waals surface area contributed by atoms with Crippen LogP contribution in [-0.4, -0.2) is 139 Å². The van der Waals surface area contributed by atoms with E-state index in [1.165, 1.54) is 29.4 Å². The fraction of sp³-hybridized carbons (Fsp3) is 0.487. The molecule has 0 saturated carbocycles. The largest absolute Gasteiger partial charge is 0.507 e. The van der Waals surface area contributed by atoms with Crippen molar-refractivity contribution >= 4 is 52.2 Å². The second-order valence-corrected chi connectivity index (χ2v) is 29.4. The first-order chi connectivity index (χ1) is 47.8. The summed E-state index contributed by atoms with van der Waals surface area (Å²) in [4.78, 5) is 46.0. The van der Waals surface area contributed by atoms with Gasteiger partial charge in [-0.1, -0.05) is 12.1 Å². The summed E-state index contributed by atoms with van der Waals surface area (Å²) in [5.41, 5.74) is 24.4. The van der Waals surface area contributed by atoms with Crippen LogP contribution in [0.1, 0.15) is 164 Å². The number of rotatable bonds is 13. The third-order valence-electron chi connectivity index (χ3n) is 20.2. The maximum atomic E-state index is 14.5. The minimum Gasteiger partial charge on any atom is -0.507 e. The van der Waals surface area contributed by atoms with Gasteiger partial charge in [-0.3, -0.25) is 14.6 Å². The van der Waals surface area contributed by atoms with Gasteiger partial charge in [0, 0.05) is 120 Å². The number of carbonyl (C=O) groups excluding carboxylic acids is 3. The topological polar surface area (TPSA) is 333 Å². The molecule has 2 aliphatic carbocycles. The molecule has 4 heterocycles. The molecule has 0 aromatic heterocycles. The Labute approximate surface area is 587 Å². The number of nitrogens with zero attached hydrogens (tertiary/aromatic N) is 4. The van der Waals surface area contributed by atoms with Crippen LogP contribution < -0.4 is 37.2 Å². The van der Waals surface area contributed by atoms with E-state index < -0.39 is 42.2 Å². The Morgan fingerprint density at radius 2 is 1.07 bits per heavy atom. The molecular weight excluding hydrogens is 1300 g/mol. The lowest BCUT2D eigenvalue weighted by atomic mass is 9.73. The normalized spacial score (nSPS) is 17.6. The number of likely N-dealkylation sites (N-methyl/N-ethyl adjacent to an activating group) is 2. The van der Waals surface area contributed by atoms with E-state index >= 15 is 0 Å². The first-order valence-corrected chi connectivity index (χ1v) is 34.6. The molecule has 3 amide bonds. The number of phenols is 2. The van der Waals surface area contributed by atoms with Crippen LogP contribution in [0.3, 0.4) is 0 Å². The zero-order valence-corrected chi connectivity index (χ0v) is 59.1. The van der Waals surface area contributed by atoms with Crippen molar-refractivity contribution in [2.75, 3.05) is 85.3 Å². The first-order valence-electron chi connectivity index (χ1n) is 34.6. The number of piperidine rings is 2. The minimum absolute atomic E-state index is 0.00179. The van der Waals surface area contributed by atoms with Gasteiger partial charge in [0.05, 0.1) is 45.2 Å². The lowest BCUT2D eigenvalue weighted by Gasteiger charge is -2.42. The highest BCUT2D eigenvalue weighted by atomic mass is 19.4. The molecule has 6 aromatic carbocycles. The van der Waals surface area contributed by atoms with Crippen LogP contribution in [0.15, 0.2) is 60.7 Å². The van der Waals surface area contributed by atoms with E-state index in [4.69, 9.17) is 20.9 Å². The van der Waals surface area contributed by atoms with E-state index in [0.717, 1.165) is 84.0 Å². The molecule has 101 heavy (non-hydrogen) atoms. The number of carbonyl (C=O) groups is 3. The van der Waals surface area contributed by atoms with Crippen molar-refractivity contribution in [2.45, 2.75) is 181 Å². The molecule has 15 N–H and O–H groups in total. The average Bonchev–Trinajstić information content (AvgIpc) is 0.722. The van der Waals surface area contributed by atoms with Crippen molar-refractivity contribution in [3.8, 4) is 33.8 Å². The number of aliphatic hydroxyl groups excluding tert-OH is 6. The molecule has 0 bridgehead atoms. The summed E-state index contributed by atoms with van der Waals surface area (Å²) in [6.45, 7) is 15.1. The van der Waals surface area contributed by atoms with Gasteiger partial charge >= 0.3 is 24.3 Å². The third-order valence-corrected chi connectivity index (χ3v) is 20.2. The number of benzene rings is 6. The number of amides is 3. The number of nitrogen functional groups attached to an aromatic ring is 2. The summed E-state index contributed by atoms with van der Waals surface area (Å²) in [5, 5.41) is 90.9. The van der Waals surface area contributed by atoms with Crippen molar-refractivity contribution < 1.29 is 77.9 Å². The third kappa shape index (κ3) is 16.4. The predicted octanol–water partition coefficient (Wildman–Crippen LogP) is 10.5. The number of urea groups is 1. The lowest BCUT2D eigenvalue weighted by molar-refractivity contribution is -0.156. The number of nitrogens with one attached hydrogen (secondary N) is 3. The fourth-order valence-corrected chi connectivity index (χ4v) is 15.4. The summed E-state index contributed by atoms with van der Waals surface area (Å²) < 4.78 is 54.1. The summed E-state index contributed by atoms with van der Waals surface area (Å²) in [6.07, 6.45) is 0.592. The minimum atomic E-state index is -4.72. The van der Waals surface area contributed by atoms with Gasteiger partial charge in [0.2, 0.25) is 0 Å². The molecule has 546 valence electrons. The van der Waals surface area contributed by atoms with Crippen molar-refractivity contribution in [3.63, 3.8) is 0 Å². The Kier molecular flexibility index (Phi) is 22.8. The van der Waals surface area contributed by atoms with Crippen molar-refractivity contribution in [1.29, 1.82) is 0 Å². The molecule has 2 atom stereocenters. The second kappa shape index (κ2) is 30.7. The molecule has 6 aliphatic rings. The Morgan fingerprint density at radius 1 is 0.574 bits per heavy atom. The lowest BCUT2D eigenvalue weighted by Crippen LogP contribution is -2.46. The summed E-state index contributed by atoms with van der Waals surface area (Å²) in [5.74, 6) is -0.535. The molecule has 0 spiro atoms. The van der Waals surface area contributed by atoms with Crippen molar-refractivity contribution in [3.05, 3.63) is 139 Å². The highest BCUT2D eigenvalue weighted by Gasteiger charge is 2.42. The van der Waals surface area contributed by atoms with Gasteiger partial charge in [0.1, 0.15) is 22.7 Å². The van der Waals surface area contributed by atoms with Gasteiger partial charge in [-0.25, -0.2) is 9.59 Å². The van der Waals surface area contributed by atoms with E-state index in [-0.39, 0.29) is 103 Å². The highest BCUT2D eigenvalue weighted by Crippen LogP contribution is 2.55. The molecule has 6 aromatic rings. The van der Waals surface area contributed by atoms with E-state index in [2.05, 4.69) is 50.7 Å². The number of nitrogens with two attached hydrogens (primary N) is 2. The zero-order chi connectivity index (χ0) is 73.3. The van der Waals surface area contributed by atoms with Gasteiger partial charge < -0.3 is 87.5 Å². The number of fused-ring (bicyclic) bond motifs is 4. The molecule has 4 aliphatic heterocycles. The number of hydrogen-bond donors (Lipinski definition) is 13. The Balaban J connectivity index is 0.000000189. The number of aliphatic hydroxyl groups is 6. The van der Waals surface area contributed by atoms with Crippen LogP contribution in [0.5, 0.6) is 11.5 Å². The number of ether oxygens (including phenoxy) is 2. The standard InChI is InChI=1S/C39H47F3N4O7.C20H24N2O4.C17H27N3O2/c1-38(2,3)53-32(50)13-21-7-11-46(12-8-21)30-6-5-25(16-28(30)39(40,41)42)43-37(52)44-29-15-24(19-48)36(51)35-26(29)17-31-33-22(9-10-45(31)4)14-23(18-47)27(20-49)34(33)35;1-22-3-2-10-4-11(7-23)14(9-25)18-17(10)16(22)6-13-15(21)5-12(8-24)20(26)19(13)18;1-12-11-13(18)5-6-15(12)20-9-7-14(8-10-20)19-16(21)22-17(2,3)4/h5-6,14-16,21,31,47-49,51H,7-13,17-20H2,1-4H3,(H2,43,44,52);4-5,16,23-26H,2-3,6-9,21H2,1H3;5-6,11,14H,7-10,18H2,1-4H3,(H,19,21). The monoisotopic (exact) mass is 1400 g/mol. The van der Waals surface area contributed by atoms with Crippen molar-refractivity contribution in [1.82, 2.24) is 15.1 Å². The van der Waals surface area contributed by atoms with E-state index in [1.807, 2.05) is 52.1 Å². The molecular formula is C76H98F3N9O13. The quantitative estimate of drug-likeness (QED) is 0.0290. The summed E-state index contributed by atoms with van der Waals surface area (Å²) in [7, 11) is 4.02. The molecule has 25 heteroatoms. The smallest absolute Gasteiger partial charge is 0.418 e. The molecule has 2 fully saturated rings. The predicted molar refractivity (Wildman–Crippen MR) is 382 cm³/mol. The van der Waals surface area contributed by atoms with Crippen LogP contribution in [0.25, 0.3) is 22.3 Å². The SMILES string of the molecule is CN1CCc2cc(CO)c(CO)c3c2C1Cc1c(N)cc(CO)c(O)c1-3.CN1CCc2cc(CO)c(CO)c3c2C1Cc1c(NC(=O)Nc2ccc(N4CCC(CC(=O)OC(C)(C)C)CC4)c(C(F)(F)F)c2)cc(CO)c(O)c1-3.Cc1cc(N)ccc1N1CCC(NC(=O)OC(C)(C)C)CC1. The molecule has 2 unspecified atom stereocenters. The number of alkyl halides is 3. The molecule has 2 saturated heterocycles.